The molecule has 0 unspecified atom stereocenters. The predicted octanol–water partition coefficient (Wildman–Crippen LogP) is 2.93. The van der Waals surface area contributed by atoms with Gasteiger partial charge in [0.25, 0.3) is 10.0 Å². The van der Waals surface area contributed by atoms with Crippen molar-refractivity contribution in [1.82, 2.24) is 9.97 Å². The maximum absolute atomic E-state index is 12.2. The molecule has 1 aromatic carbocycles. The van der Waals surface area contributed by atoms with Crippen molar-refractivity contribution >= 4 is 60.7 Å². The van der Waals surface area contributed by atoms with Crippen LogP contribution in [-0.2, 0) is 10.0 Å². The molecule has 0 fully saturated rings. The quantitative estimate of drug-likeness (QED) is 0.775. The Balaban J connectivity index is 2.41. The zero-order valence-electron chi connectivity index (χ0n) is 9.64. The fourth-order valence-corrected chi connectivity index (χ4v) is 3.28. The molecule has 1 heterocycles. The van der Waals surface area contributed by atoms with Crippen LogP contribution < -0.4 is 10.5 Å². The van der Waals surface area contributed by atoms with E-state index in [1.54, 1.807) is 0 Å². The Kier molecular flexibility index (Phi) is 4.38. The lowest BCUT2D eigenvalue weighted by atomic mass is 10.3. The molecule has 2 rings (SSSR count). The number of hydrogen-bond acceptors (Lipinski definition) is 5. The molecule has 3 N–H and O–H groups in total. The van der Waals surface area contributed by atoms with Crippen molar-refractivity contribution in [2.75, 3.05) is 10.5 Å². The SMILES string of the molecule is Nc1c(Cl)ccc(S(=O)(=O)Nc2cnc(Br)cn2)c1Cl. The Labute approximate surface area is 133 Å². The number of nitrogens with one attached hydrogen (secondary N) is 1. The molecule has 0 spiro atoms. The third-order valence-electron chi connectivity index (χ3n) is 2.24. The highest BCUT2D eigenvalue weighted by atomic mass is 79.9. The van der Waals surface area contributed by atoms with Gasteiger partial charge in [0.15, 0.2) is 5.82 Å². The highest BCUT2D eigenvalue weighted by Crippen LogP contribution is 2.33. The molecule has 0 saturated carbocycles. The van der Waals surface area contributed by atoms with Crippen LogP contribution in [0.3, 0.4) is 0 Å². The lowest BCUT2D eigenvalue weighted by Gasteiger charge is -2.10. The number of rotatable bonds is 3. The number of nitrogens with two attached hydrogens (primary N) is 1. The van der Waals surface area contributed by atoms with Gasteiger partial charge in [-0.3, -0.25) is 4.72 Å². The fourth-order valence-electron chi connectivity index (χ4n) is 1.31. The molecule has 20 heavy (non-hydrogen) atoms. The van der Waals surface area contributed by atoms with Crippen molar-refractivity contribution in [2.45, 2.75) is 4.90 Å². The van der Waals surface area contributed by atoms with E-state index in [1.807, 2.05) is 0 Å². The van der Waals surface area contributed by atoms with Crippen LogP contribution in [-0.4, -0.2) is 18.4 Å². The van der Waals surface area contributed by atoms with Crippen molar-refractivity contribution in [3.05, 3.63) is 39.2 Å². The molecule has 2 aromatic rings. The van der Waals surface area contributed by atoms with Gasteiger partial charge in [0.1, 0.15) is 9.50 Å². The number of benzene rings is 1. The Morgan fingerprint density at radius 2 is 1.90 bits per heavy atom. The van der Waals surface area contributed by atoms with E-state index in [0.29, 0.717) is 4.60 Å². The average molecular weight is 398 g/mol. The predicted molar refractivity (Wildman–Crippen MR) is 81.4 cm³/mol. The van der Waals surface area contributed by atoms with E-state index in [9.17, 15) is 8.42 Å². The summed E-state index contributed by atoms with van der Waals surface area (Å²) >= 11 is 14.8. The minimum atomic E-state index is -3.93. The van der Waals surface area contributed by atoms with Gasteiger partial charge >= 0.3 is 0 Å². The number of sulfonamides is 1. The van der Waals surface area contributed by atoms with Gasteiger partial charge in [0.2, 0.25) is 0 Å². The molecular weight excluding hydrogens is 391 g/mol. The Morgan fingerprint density at radius 1 is 1.20 bits per heavy atom. The first-order valence-corrected chi connectivity index (χ1v) is 8.08. The van der Waals surface area contributed by atoms with Gasteiger partial charge < -0.3 is 5.73 Å². The lowest BCUT2D eigenvalue weighted by molar-refractivity contribution is 0.601. The zero-order chi connectivity index (χ0) is 14.9. The lowest BCUT2D eigenvalue weighted by Crippen LogP contribution is -2.15. The smallest absolute Gasteiger partial charge is 0.264 e. The molecule has 10 heteroatoms. The second-order valence-corrected chi connectivity index (χ2v) is 6.85. The van der Waals surface area contributed by atoms with Gasteiger partial charge in [-0.1, -0.05) is 23.2 Å². The topological polar surface area (TPSA) is 98.0 Å². The molecular formula is C10H7BrCl2N4O2S. The number of nitrogen functional groups attached to an aromatic ring is 1. The van der Waals surface area contributed by atoms with Gasteiger partial charge in [-0.2, -0.15) is 0 Å². The van der Waals surface area contributed by atoms with Crippen LogP contribution in [0.2, 0.25) is 10.0 Å². The van der Waals surface area contributed by atoms with E-state index >= 15 is 0 Å². The van der Waals surface area contributed by atoms with Crippen LogP contribution in [0.1, 0.15) is 0 Å². The van der Waals surface area contributed by atoms with E-state index in [-0.39, 0.29) is 26.4 Å². The first kappa shape index (κ1) is 15.3. The van der Waals surface area contributed by atoms with Crippen molar-refractivity contribution in [1.29, 1.82) is 0 Å². The van der Waals surface area contributed by atoms with Gasteiger partial charge in [-0.15, -0.1) is 0 Å². The van der Waals surface area contributed by atoms with E-state index in [1.165, 1.54) is 24.5 Å². The molecule has 1 aromatic heterocycles. The summed E-state index contributed by atoms with van der Waals surface area (Å²) < 4.78 is 27.1. The third kappa shape index (κ3) is 3.14. The van der Waals surface area contributed by atoms with Crippen LogP contribution in [0.25, 0.3) is 0 Å². The van der Waals surface area contributed by atoms with E-state index < -0.39 is 10.0 Å². The molecule has 0 aliphatic heterocycles. The third-order valence-corrected chi connectivity index (χ3v) is 4.90. The zero-order valence-corrected chi connectivity index (χ0v) is 13.6. The molecule has 0 aliphatic carbocycles. The summed E-state index contributed by atoms with van der Waals surface area (Å²) in [6.45, 7) is 0. The van der Waals surface area contributed by atoms with Gasteiger partial charge in [0.05, 0.1) is 28.1 Å². The Bertz CT molecular complexity index is 753. The molecule has 0 amide bonds. The van der Waals surface area contributed by atoms with Crippen molar-refractivity contribution in [2.24, 2.45) is 0 Å². The molecule has 0 atom stereocenters. The first-order chi connectivity index (χ1) is 9.31. The molecule has 0 aliphatic rings. The summed E-state index contributed by atoms with van der Waals surface area (Å²) in [4.78, 5) is 7.53. The number of halogens is 3. The minimum absolute atomic E-state index is 0.00176. The second kappa shape index (κ2) is 5.72. The van der Waals surface area contributed by atoms with Gasteiger partial charge in [-0.25, -0.2) is 18.4 Å². The number of aromatic nitrogens is 2. The summed E-state index contributed by atoms with van der Waals surface area (Å²) in [6, 6.07) is 2.61. The average Bonchev–Trinajstić information content (AvgIpc) is 2.38. The minimum Gasteiger partial charge on any atom is -0.396 e. The molecule has 0 radical (unpaired) electrons. The molecule has 6 nitrogen and oxygen atoms in total. The Morgan fingerprint density at radius 3 is 2.50 bits per heavy atom. The van der Waals surface area contributed by atoms with Crippen molar-refractivity contribution in [3.8, 4) is 0 Å². The van der Waals surface area contributed by atoms with Gasteiger partial charge in [0, 0.05) is 0 Å². The summed E-state index contributed by atoms with van der Waals surface area (Å²) in [5.74, 6) is 0.0535. The van der Waals surface area contributed by atoms with Crippen LogP contribution >= 0.6 is 39.1 Å². The van der Waals surface area contributed by atoms with Crippen LogP contribution in [0.4, 0.5) is 11.5 Å². The molecule has 0 bridgehead atoms. The highest BCUT2D eigenvalue weighted by Gasteiger charge is 2.21. The summed E-state index contributed by atoms with van der Waals surface area (Å²) in [5.41, 5.74) is 5.60. The second-order valence-electron chi connectivity index (χ2n) is 3.60. The van der Waals surface area contributed by atoms with Gasteiger partial charge in [-0.05, 0) is 28.1 Å². The van der Waals surface area contributed by atoms with E-state index in [0.717, 1.165) is 0 Å². The number of hydrogen-bond donors (Lipinski definition) is 2. The first-order valence-electron chi connectivity index (χ1n) is 5.05. The summed E-state index contributed by atoms with van der Waals surface area (Å²) in [7, 11) is -3.93. The summed E-state index contributed by atoms with van der Waals surface area (Å²) in [5, 5.41) is 0.0347. The van der Waals surface area contributed by atoms with Crippen LogP contribution in [0.15, 0.2) is 34.0 Å². The summed E-state index contributed by atoms with van der Waals surface area (Å²) in [6.07, 6.45) is 2.62. The van der Waals surface area contributed by atoms with Crippen LogP contribution in [0.5, 0.6) is 0 Å². The molecule has 0 saturated heterocycles. The maximum atomic E-state index is 12.2. The van der Waals surface area contributed by atoms with E-state index in [4.69, 9.17) is 28.9 Å². The number of anilines is 2. The van der Waals surface area contributed by atoms with Crippen molar-refractivity contribution < 1.29 is 8.42 Å². The monoisotopic (exact) mass is 396 g/mol. The Hall–Kier alpha value is -1.09. The highest BCUT2D eigenvalue weighted by molar-refractivity contribution is 9.10. The number of nitrogens with zero attached hydrogens (tertiary/aromatic N) is 2. The van der Waals surface area contributed by atoms with Crippen molar-refractivity contribution in [3.63, 3.8) is 0 Å². The molecule has 106 valence electrons. The normalized spacial score (nSPS) is 11.3. The van der Waals surface area contributed by atoms with Crippen LogP contribution in [0, 0.1) is 0 Å². The standard InChI is InChI=1S/C10H7BrCl2N4O2S/c11-7-3-16-8(4-15-7)17-20(18,19)6-2-1-5(12)10(14)9(6)13/h1-4H,14H2,(H,16,17). The largest absolute Gasteiger partial charge is 0.396 e. The fraction of sp³-hybridized carbons (Fsp3) is 0. The van der Waals surface area contributed by atoms with E-state index in [2.05, 4.69) is 30.6 Å². The maximum Gasteiger partial charge on any atom is 0.264 e.